The van der Waals surface area contributed by atoms with Crippen molar-refractivity contribution in [3.63, 3.8) is 0 Å². The molecular formula is C22H26N4O6. The molecular weight excluding hydrogens is 416 g/mol. The van der Waals surface area contributed by atoms with Crippen LogP contribution in [0.4, 0.5) is 4.79 Å². The predicted octanol–water partition coefficient (Wildman–Crippen LogP) is 0.894. The summed E-state index contributed by atoms with van der Waals surface area (Å²) in [5.41, 5.74) is 1.25. The number of hydrogen-bond acceptors (Lipinski definition) is 7. The largest absolute Gasteiger partial charge is 0.449 e. The van der Waals surface area contributed by atoms with Gasteiger partial charge >= 0.3 is 6.09 Å². The Hall–Kier alpha value is -3.69. The van der Waals surface area contributed by atoms with Gasteiger partial charge in [-0.1, -0.05) is 44.2 Å². The molecule has 1 aliphatic heterocycles. The van der Waals surface area contributed by atoms with E-state index >= 15 is 0 Å². The van der Waals surface area contributed by atoms with Crippen LogP contribution in [0.5, 0.6) is 0 Å². The molecule has 0 aliphatic carbocycles. The van der Waals surface area contributed by atoms with Crippen LogP contribution in [0.15, 0.2) is 41.0 Å². The number of aromatic nitrogens is 1. The molecule has 170 valence electrons. The van der Waals surface area contributed by atoms with Gasteiger partial charge in [-0.15, -0.1) is 0 Å². The molecule has 10 heteroatoms. The third-order valence-corrected chi connectivity index (χ3v) is 4.93. The molecule has 1 aromatic carbocycles. The van der Waals surface area contributed by atoms with Crippen molar-refractivity contribution in [3.05, 3.63) is 53.7 Å². The SMILES string of the molecule is CC(C)C(NC(=O)OCc1ccccc1)C(=O)NC1Cc2coc(n2)CCNC(=O)C1=O. The number of fused-ring (bicyclic) bond motifs is 2. The van der Waals surface area contributed by atoms with Crippen LogP contribution in [0.1, 0.15) is 31.0 Å². The van der Waals surface area contributed by atoms with Gasteiger partial charge in [0.15, 0.2) is 5.89 Å². The zero-order valence-electron chi connectivity index (χ0n) is 17.9. The second kappa shape index (κ2) is 10.6. The van der Waals surface area contributed by atoms with Gasteiger partial charge in [0.1, 0.15) is 25.0 Å². The average molecular weight is 442 g/mol. The lowest BCUT2D eigenvalue weighted by Gasteiger charge is -2.24. The van der Waals surface area contributed by atoms with Crippen molar-refractivity contribution in [1.29, 1.82) is 0 Å². The maximum atomic E-state index is 12.9. The number of ether oxygens (including phenoxy) is 1. The van der Waals surface area contributed by atoms with Crippen LogP contribution in [0.3, 0.4) is 0 Å². The fourth-order valence-corrected chi connectivity index (χ4v) is 3.19. The number of carbonyl (C=O) groups excluding carboxylic acids is 4. The molecule has 2 unspecified atom stereocenters. The molecule has 32 heavy (non-hydrogen) atoms. The summed E-state index contributed by atoms with van der Waals surface area (Å²) >= 11 is 0. The highest BCUT2D eigenvalue weighted by atomic mass is 16.5. The van der Waals surface area contributed by atoms with Gasteiger partial charge in [0, 0.05) is 19.4 Å². The van der Waals surface area contributed by atoms with Crippen molar-refractivity contribution in [2.75, 3.05) is 6.54 Å². The Morgan fingerprint density at radius 3 is 2.72 bits per heavy atom. The van der Waals surface area contributed by atoms with Gasteiger partial charge < -0.3 is 25.1 Å². The number of ketones is 1. The van der Waals surface area contributed by atoms with Gasteiger partial charge in [0.2, 0.25) is 11.7 Å². The summed E-state index contributed by atoms with van der Waals surface area (Å²) in [6.45, 7) is 3.73. The monoisotopic (exact) mass is 442 g/mol. The van der Waals surface area contributed by atoms with E-state index < -0.39 is 35.8 Å². The highest BCUT2D eigenvalue weighted by molar-refractivity contribution is 6.38. The van der Waals surface area contributed by atoms with Gasteiger partial charge in [-0.2, -0.15) is 0 Å². The molecule has 0 fully saturated rings. The molecule has 3 rings (SSSR count). The molecule has 1 aromatic heterocycles. The number of carbonyl (C=O) groups is 4. The molecule has 2 atom stereocenters. The summed E-state index contributed by atoms with van der Waals surface area (Å²) in [6, 6.07) is 7.00. The van der Waals surface area contributed by atoms with Crippen LogP contribution in [0.2, 0.25) is 0 Å². The summed E-state index contributed by atoms with van der Waals surface area (Å²) < 4.78 is 10.5. The molecule has 2 aromatic rings. The minimum Gasteiger partial charge on any atom is -0.449 e. The fourth-order valence-electron chi connectivity index (χ4n) is 3.19. The number of nitrogens with zero attached hydrogens (tertiary/aromatic N) is 1. The maximum Gasteiger partial charge on any atom is 0.408 e. The van der Waals surface area contributed by atoms with E-state index in [0.717, 1.165) is 5.56 Å². The lowest BCUT2D eigenvalue weighted by molar-refractivity contribution is -0.140. The van der Waals surface area contributed by atoms with E-state index in [-0.39, 0.29) is 25.5 Å². The quantitative estimate of drug-likeness (QED) is 0.565. The van der Waals surface area contributed by atoms with Crippen LogP contribution in [0.25, 0.3) is 0 Å². The standard InChI is InChI=1S/C22H26N4O6/c1-13(2)18(26-22(30)32-11-14-6-4-3-5-7-14)20(28)25-16-10-15-12-31-17(24-15)8-9-23-21(29)19(16)27/h3-7,12-13,16,18H,8-11H2,1-2H3,(H,23,29)(H,25,28)(H,26,30). The minimum atomic E-state index is -1.15. The molecule has 3 amide bonds. The van der Waals surface area contributed by atoms with E-state index in [1.54, 1.807) is 13.8 Å². The van der Waals surface area contributed by atoms with Gasteiger partial charge in [0.05, 0.1) is 5.69 Å². The molecule has 2 bridgehead atoms. The topological polar surface area (TPSA) is 140 Å². The second-order valence-electron chi connectivity index (χ2n) is 7.80. The molecule has 10 nitrogen and oxygen atoms in total. The van der Waals surface area contributed by atoms with E-state index in [0.29, 0.717) is 18.0 Å². The zero-order chi connectivity index (χ0) is 23.1. The van der Waals surface area contributed by atoms with Gasteiger partial charge in [0.25, 0.3) is 5.91 Å². The third-order valence-electron chi connectivity index (χ3n) is 4.93. The molecule has 0 saturated heterocycles. The third kappa shape index (κ3) is 6.16. The highest BCUT2D eigenvalue weighted by Crippen LogP contribution is 2.10. The number of alkyl carbamates (subject to hydrolysis) is 1. The molecule has 0 radical (unpaired) electrons. The number of Topliss-reactive ketones (excluding diaryl/α,β-unsaturated/α-hetero) is 1. The number of oxazole rings is 1. The number of amides is 3. The highest BCUT2D eigenvalue weighted by Gasteiger charge is 2.33. The first-order valence-electron chi connectivity index (χ1n) is 10.4. The van der Waals surface area contributed by atoms with Gasteiger partial charge in [-0.3, -0.25) is 14.4 Å². The van der Waals surface area contributed by atoms with Crippen LogP contribution in [-0.4, -0.2) is 47.3 Å². The number of nitrogens with one attached hydrogen (secondary N) is 3. The van der Waals surface area contributed by atoms with E-state index in [9.17, 15) is 19.2 Å². The molecule has 0 saturated carbocycles. The normalized spacial score (nSPS) is 17.3. The van der Waals surface area contributed by atoms with Crippen molar-refractivity contribution in [3.8, 4) is 0 Å². The number of rotatable bonds is 6. The average Bonchev–Trinajstić information content (AvgIpc) is 3.21. The first kappa shape index (κ1) is 23.0. The lowest BCUT2D eigenvalue weighted by Crippen LogP contribution is -2.56. The van der Waals surface area contributed by atoms with E-state index in [1.807, 2.05) is 30.3 Å². The van der Waals surface area contributed by atoms with Crippen LogP contribution < -0.4 is 16.0 Å². The zero-order valence-corrected chi connectivity index (χ0v) is 17.9. The van der Waals surface area contributed by atoms with Crippen molar-refractivity contribution in [1.82, 2.24) is 20.9 Å². The van der Waals surface area contributed by atoms with Crippen LogP contribution in [0, 0.1) is 5.92 Å². The fraction of sp³-hybridized carbons (Fsp3) is 0.409. The number of benzene rings is 1. The predicted molar refractivity (Wildman–Crippen MR) is 112 cm³/mol. The molecule has 2 heterocycles. The summed E-state index contributed by atoms with van der Waals surface area (Å²) in [6.07, 6.45) is 0.987. The van der Waals surface area contributed by atoms with Crippen LogP contribution >= 0.6 is 0 Å². The van der Waals surface area contributed by atoms with Crippen molar-refractivity contribution in [2.24, 2.45) is 5.92 Å². The van der Waals surface area contributed by atoms with Crippen molar-refractivity contribution < 1.29 is 28.3 Å². The molecule has 3 N–H and O–H groups in total. The minimum absolute atomic E-state index is 0.00916. The van der Waals surface area contributed by atoms with E-state index in [2.05, 4.69) is 20.9 Å². The molecule has 1 aliphatic rings. The van der Waals surface area contributed by atoms with Gasteiger partial charge in [-0.05, 0) is 11.5 Å². The molecule has 0 spiro atoms. The van der Waals surface area contributed by atoms with E-state index in [1.165, 1.54) is 6.26 Å². The van der Waals surface area contributed by atoms with Crippen LogP contribution in [-0.2, 0) is 38.6 Å². The summed E-state index contributed by atoms with van der Waals surface area (Å²) in [5, 5.41) is 7.60. The Bertz CT molecular complexity index is 972. The number of hydrogen-bond donors (Lipinski definition) is 3. The first-order chi connectivity index (χ1) is 15.3. The van der Waals surface area contributed by atoms with Crippen molar-refractivity contribution >= 4 is 23.7 Å². The summed E-state index contributed by atoms with van der Waals surface area (Å²) in [4.78, 5) is 54.2. The second-order valence-corrected chi connectivity index (χ2v) is 7.80. The Morgan fingerprint density at radius 1 is 1.25 bits per heavy atom. The smallest absolute Gasteiger partial charge is 0.408 e. The Balaban J connectivity index is 1.65. The lowest BCUT2D eigenvalue weighted by atomic mass is 10.0. The Morgan fingerprint density at radius 2 is 2.00 bits per heavy atom. The maximum absolute atomic E-state index is 12.9. The summed E-state index contributed by atoms with van der Waals surface area (Å²) in [7, 11) is 0. The van der Waals surface area contributed by atoms with Gasteiger partial charge in [-0.25, -0.2) is 9.78 Å². The Labute approximate surface area is 185 Å². The Kier molecular flexibility index (Phi) is 7.58. The van der Waals surface area contributed by atoms with Crippen molar-refractivity contribution in [2.45, 2.75) is 45.4 Å². The summed E-state index contributed by atoms with van der Waals surface area (Å²) in [5.74, 6) is -2.07. The van der Waals surface area contributed by atoms with E-state index in [4.69, 9.17) is 9.15 Å². The first-order valence-corrected chi connectivity index (χ1v) is 10.4.